The lowest BCUT2D eigenvalue weighted by atomic mass is 9.74. The molecule has 5 nitrogen and oxygen atoms in total. The fourth-order valence-electron chi connectivity index (χ4n) is 1.87. The average Bonchev–Trinajstić information content (AvgIpc) is 2.37. The van der Waals surface area contributed by atoms with Crippen LogP contribution in [0.5, 0.6) is 0 Å². The SMILES string of the molecule is C=CC1CC(C(=O)OC)(C(=O)OC)C(=C)CO1. The number of methoxy groups -OCH3 is 2. The lowest BCUT2D eigenvalue weighted by Gasteiger charge is -2.36. The van der Waals surface area contributed by atoms with E-state index in [0.717, 1.165) is 0 Å². The van der Waals surface area contributed by atoms with Crippen LogP contribution in [0.2, 0.25) is 0 Å². The Kier molecular flexibility index (Phi) is 4.07. The number of hydrogen-bond donors (Lipinski definition) is 0. The molecule has 0 aromatic carbocycles. The second-order valence-corrected chi connectivity index (χ2v) is 3.78. The lowest BCUT2D eigenvalue weighted by molar-refractivity contribution is -0.171. The topological polar surface area (TPSA) is 61.8 Å². The van der Waals surface area contributed by atoms with Crippen LogP contribution in [0.25, 0.3) is 0 Å². The molecule has 0 amide bonds. The minimum absolute atomic E-state index is 0.0981. The summed E-state index contributed by atoms with van der Waals surface area (Å²) in [6.07, 6.45) is 1.24. The Bertz CT molecular complexity index is 328. The van der Waals surface area contributed by atoms with Gasteiger partial charge >= 0.3 is 11.9 Å². The van der Waals surface area contributed by atoms with Gasteiger partial charge in [0.05, 0.1) is 26.9 Å². The van der Waals surface area contributed by atoms with Gasteiger partial charge in [-0.25, -0.2) is 0 Å². The Morgan fingerprint density at radius 1 is 1.41 bits per heavy atom. The summed E-state index contributed by atoms with van der Waals surface area (Å²) in [5, 5.41) is 0. The maximum Gasteiger partial charge on any atom is 0.327 e. The van der Waals surface area contributed by atoms with Gasteiger partial charge in [0.25, 0.3) is 0 Å². The van der Waals surface area contributed by atoms with Gasteiger partial charge in [-0.15, -0.1) is 6.58 Å². The summed E-state index contributed by atoms with van der Waals surface area (Å²) < 4.78 is 14.7. The van der Waals surface area contributed by atoms with Gasteiger partial charge in [-0.3, -0.25) is 9.59 Å². The highest BCUT2D eigenvalue weighted by atomic mass is 16.5. The zero-order valence-corrected chi connectivity index (χ0v) is 10.0. The van der Waals surface area contributed by atoms with E-state index in [1.54, 1.807) is 0 Å². The zero-order chi connectivity index (χ0) is 13.1. The van der Waals surface area contributed by atoms with Crippen LogP contribution in [-0.2, 0) is 23.8 Å². The number of carbonyl (C=O) groups is 2. The first-order chi connectivity index (χ1) is 8.02. The standard InChI is InChI=1S/C12H16O5/c1-5-9-6-12(10(13)15-3,11(14)16-4)8(2)7-17-9/h5,9H,1-2,6-7H2,3-4H3. The predicted octanol–water partition coefficient (Wildman–Crippen LogP) is 0.850. The third-order valence-corrected chi connectivity index (χ3v) is 2.91. The normalized spacial score (nSPS) is 22.7. The molecular weight excluding hydrogens is 224 g/mol. The van der Waals surface area contributed by atoms with Crippen molar-refractivity contribution in [3.05, 3.63) is 24.8 Å². The molecule has 1 fully saturated rings. The molecule has 94 valence electrons. The van der Waals surface area contributed by atoms with Crippen molar-refractivity contribution in [1.29, 1.82) is 0 Å². The highest BCUT2D eigenvalue weighted by molar-refractivity contribution is 6.03. The van der Waals surface area contributed by atoms with Gasteiger partial charge in [0.2, 0.25) is 0 Å². The highest BCUT2D eigenvalue weighted by Gasteiger charge is 2.54. The molecule has 5 heteroatoms. The van der Waals surface area contributed by atoms with Crippen LogP contribution < -0.4 is 0 Å². The summed E-state index contributed by atoms with van der Waals surface area (Å²) in [4.78, 5) is 23.8. The Morgan fingerprint density at radius 2 is 1.94 bits per heavy atom. The molecule has 0 spiro atoms. The largest absolute Gasteiger partial charge is 0.468 e. The molecule has 1 heterocycles. The molecule has 17 heavy (non-hydrogen) atoms. The Hall–Kier alpha value is -1.62. The number of esters is 2. The molecule has 0 saturated carbocycles. The molecule has 1 atom stereocenters. The fraction of sp³-hybridized carbons (Fsp3) is 0.500. The van der Waals surface area contributed by atoms with E-state index in [-0.39, 0.29) is 13.0 Å². The van der Waals surface area contributed by atoms with E-state index in [1.807, 2.05) is 0 Å². The van der Waals surface area contributed by atoms with Gasteiger partial charge in [-0.05, 0) is 5.57 Å². The van der Waals surface area contributed by atoms with Crippen molar-refractivity contribution < 1.29 is 23.8 Å². The second-order valence-electron chi connectivity index (χ2n) is 3.78. The molecule has 1 rings (SSSR count). The van der Waals surface area contributed by atoms with E-state index < -0.39 is 23.5 Å². The molecule has 1 saturated heterocycles. The Labute approximate surface area is 100 Å². The van der Waals surface area contributed by atoms with Crippen LogP contribution in [-0.4, -0.2) is 38.9 Å². The van der Waals surface area contributed by atoms with Crippen molar-refractivity contribution in [2.45, 2.75) is 12.5 Å². The molecule has 1 aliphatic heterocycles. The van der Waals surface area contributed by atoms with Gasteiger partial charge in [0, 0.05) is 6.42 Å². The zero-order valence-electron chi connectivity index (χ0n) is 10.0. The van der Waals surface area contributed by atoms with Crippen LogP contribution in [0.3, 0.4) is 0 Å². The van der Waals surface area contributed by atoms with Crippen molar-refractivity contribution in [1.82, 2.24) is 0 Å². The van der Waals surface area contributed by atoms with E-state index in [0.29, 0.717) is 5.57 Å². The first-order valence-electron chi connectivity index (χ1n) is 5.12. The summed E-state index contributed by atoms with van der Waals surface area (Å²) >= 11 is 0. The Morgan fingerprint density at radius 3 is 2.35 bits per heavy atom. The van der Waals surface area contributed by atoms with Crippen LogP contribution >= 0.6 is 0 Å². The third kappa shape index (κ3) is 2.10. The first kappa shape index (κ1) is 13.4. The molecule has 0 N–H and O–H groups in total. The van der Waals surface area contributed by atoms with E-state index in [1.165, 1.54) is 20.3 Å². The van der Waals surface area contributed by atoms with Crippen LogP contribution in [0.4, 0.5) is 0 Å². The molecular formula is C12H16O5. The second kappa shape index (κ2) is 5.14. The van der Waals surface area contributed by atoms with Crippen molar-refractivity contribution >= 4 is 11.9 Å². The number of ether oxygens (including phenoxy) is 3. The molecule has 0 aliphatic carbocycles. The summed E-state index contributed by atoms with van der Waals surface area (Å²) in [6.45, 7) is 7.40. The molecule has 0 bridgehead atoms. The van der Waals surface area contributed by atoms with Crippen LogP contribution in [0.15, 0.2) is 24.8 Å². The minimum atomic E-state index is -1.49. The van der Waals surface area contributed by atoms with Gasteiger partial charge in [-0.2, -0.15) is 0 Å². The van der Waals surface area contributed by atoms with E-state index in [2.05, 4.69) is 22.6 Å². The van der Waals surface area contributed by atoms with E-state index >= 15 is 0 Å². The average molecular weight is 240 g/mol. The van der Waals surface area contributed by atoms with Crippen molar-refractivity contribution in [3.63, 3.8) is 0 Å². The lowest BCUT2D eigenvalue weighted by Crippen LogP contribution is -2.49. The maximum absolute atomic E-state index is 11.9. The highest BCUT2D eigenvalue weighted by Crippen LogP contribution is 2.39. The van der Waals surface area contributed by atoms with Gasteiger partial charge in [0.1, 0.15) is 0 Å². The van der Waals surface area contributed by atoms with E-state index in [4.69, 9.17) is 4.74 Å². The van der Waals surface area contributed by atoms with Crippen molar-refractivity contribution in [2.24, 2.45) is 5.41 Å². The molecule has 0 radical (unpaired) electrons. The maximum atomic E-state index is 11.9. The molecule has 0 aromatic rings. The first-order valence-corrected chi connectivity index (χ1v) is 5.12. The van der Waals surface area contributed by atoms with Crippen molar-refractivity contribution in [3.8, 4) is 0 Å². The van der Waals surface area contributed by atoms with Crippen LogP contribution in [0, 0.1) is 5.41 Å². The summed E-state index contributed by atoms with van der Waals surface area (Å²) in [5.41, 5.74) is -1.14. The van der Waals surface area contributed by atoms with Gasteiger partial charge < -0.3 is 14.2 Å². The monoisotopic (exact) mass is 240 g/mol. The summed E-state index contributed by atoms with van der Waals surface area (Å²) in [7, 11) is 2.44. The fourth-order valence-corrected chi connectivity index (χ4v) is 1.87. The molecule has 1 unspecified atom stereocenters. The van der Waals surface area contributed by atoms with Crippen molar-refractivity contribution in [2.75, 3.05) is 20.8 Å². The third-order valence-electron chi connectivity index (χ3n) is 2.91. The van der Waals surface area contributed by atoms with E-state index in [9.17, 15) is 9.59 Å². The number of rotatable bonds is 3. The summed E-state index contributed by atoms with van der Waals surface area (Å²) in [6, 6.07) is 0. The summed E-state index contributed by atoms with van der Waals surface area (Å²) in [5.74, 6) is -1.35. The van der Waals surface area contributed by atoms with Gasteiger partial charge in [0.15, 0.2) is 5.41 Å². The van der Waals surface area contributed by atoms with Crippen LogP contribution in [0.1, 0.15) is 6.42 Å². The smallest absolute Gasteiger partial charge is 0.327 e. The molecule has 1 aliphatic rings. The number of hydrogen-bond acceptors (Lipinski definition) is 5. The number of carbonyl (C=O) groups excluding carboxylic acids is 2. The van der Waals surface area contributed by atoms with Gasteiger partial charge in [-0.1, -0.05) is 12.7 Å². The Balaban J connectivity index is 3.18. The molecule has 0 aromatic heterocycles. The minimum Gasteiger partial charge on any atom is -0.468 e. The predicted molar refractivity (Wildman–Crippen MR) is 60.2 cm³/mol. The quantitative estimate of drug-likeness (QED) is 0.416.